The molecular formula is C17H21NO2S. The van der Waals surface area contributed by atoms with Crippen molar-refractivity contribution in [2.24, 2.45) is 0 Å². The Morgan fingerprint density at radius 2 is 2.33 bits per heavy atom. The lowest BCUT2D eigenvalue weighted by Crippen LogP contribution is -2.29. The molecule has 1 aliphatic rings. The fraction of sp³-hybridized carbons (Fsp3) is 0.412. The Morgan fingerprint density at radius 1 is 1.43 bits per heavy atom. The summed E-state index contributed by atoms with van der Waals surface area (Å²) in [4.78, 5) is 1.32. The number of hydrogen-bond donors (Lipinski definition) is 2. The van der Waals surface area contributed by atoms with Crippen molar-refractivity contribution in [1.82, 2.24) is 5.32 Å². The molecule has 1 aromatic heterocycles. The SMILES string of the molecule is CSc1ccc2c(c1)CCCC2NCC(O)c1ccco1. The van der Waals surface area contributed by atoms with Crippen molar-refractivity contribution in [2.45, 2.75) is 36.3 Å². The topological polar surface area (TPSA) is 45.4 Å². The third kappa shape index (κ3) is 3.34. The second-order valence-electron chi connectivity index (χ2n) is 5.45. The Balaban J connectivity index is 1.68. The van der Waals surface area contributed by atoms with Gasteiger partial charge in [0.05, 0.1) is 6.26 Å². The summed E-state index contributed by atoms with van der Waals surface area (Å²) in [7, 11) is 0. The summed E-state index contributed by atoms with van der Waals surface area (Å²) in [5, 5.41) is 13.6. The summed E-state index contributed by atoms with van der Waals surface area (Å²) < 4.78 is 5.24. The van der Waals surface area contributed by atoms with Crippen LogP contribution in [-0.4, -0.2) is 17.9 Å². The molecule has 0 radical (unpaired) electrons. The van der Waals surface area contributed by atoms with Gasteiger partial charge in [-0.3, -0.25) is 0 Å². The molecule has 0 saturated heterocycles. The number of aliphatic hydroxyl groups is 1. The molecule has 2 unspecified atom stereocenters. The van der Waals surface area contributed by atoms with Gasteiger partial charge >= 0.3 is 0 Å². The summed E-state index contributed by atoms with van der Waals surface area (Å²) in [6, 6.07) is 10.7. The normalized spacial score (nSPS) is 19.2. The molecular weight excluding hydrogens is 282 g/mol. The maximum absolute atomic E-state index is 10.1. The predicted molar refractivity (Wildman–Crippen MR) is 85.6 cm³/mol. The predicted octanol–water partition coefficient (Wildman–Crippen LogP) is 3.70. The van der Waals surface area contributed by atoms with Crippen LogP contribution in [0, 0.1) is 0 Å². The molecule has 0 amide bonds. The van der Waals surface area contributed by atoms with E-state index in [4.69, 9.17) is 4.42 Å². The molecule has 112 valence electrons. The van der Waals surface area contributed by atoms with Gasteiger partial charge in [0.15, 0.2) is 0 Å². The van der Waals surface area contributed by atoms with Gasteiger partial charge in [-0.2, -0.15) is 0 Å². The Kier molecular flexibility index (Phi) is 4.68. The number of aliphatic hydroxyl groups excluding tert-OH is 1. The maximum Gasteiger partial charge on any atom is 0.133 e. The lowest BCUT2D eigenvalue weighted by Gasteiger charge is -2.27. The van der Waals surface area contributed by atoms with E-state index in [-0.39, 0.29) is 0 Å². The van der Waals surface area contributed by atoms with Crippen LogP contribution in [0.2, 0.25) is 0 Å². The minimum absolute atomic E-state index is 0.328. The molecule has 0 bridgehead atoms. The molecule has 4 heteroatoms. The molecule has 0 fully saturated rings. The average molecular weight is 303 g/mol. The van der Waals surface area contributed by atoms with Crippen LogP contribution in [0.5, 0.6) is 0 Å². The lowest BCUT2D eigenvalue weighted by molar-refractivity contribution is 0.142. The number of nitrogens with one attached hydrogen (secondary N) is 1. The minimum Gasteiger partial charge on any atom is -0.467 e. The third-order valence-corrected chi connectivity index (χ3v) is 4.82. The molecule has 2 aromatic rings. The number of thioether (sulfide) groups is 1. The van der Waals surface area contributed by atoms with Gasteiger partial charge in [-0.15, -0.1) is 11.8 Å². The molecule has 2 atom stereocenters. The molecule has 0 spiro atoms. The number of hydrogen-bond acceptors (Lipinski definition) is 4. The largest absolute Gasteiger partial charge is 0.467 e. The first kappa shape index (κ1) is 14.7. The number of fused-ring (bicyclic) bond motifs is 1. The lowest BCUT2D eigenvalue weighted by atomic mass is 9.87. The van der Waals surface area contributed by atoms with Crippen LogP contribution in [0.15, 0.2) is 45.9 Å². The molecule has 3 rings (SSSR count). The number of benzene rings is 1. The summed E-state index contributed by atoms with van der Waals surface area (Å²) in [5.74, 6) is 0.622. The third-order valence-electron chi connectivity index (χ3n) is 4.09. The second-order valence-corrected chi connectivity index (χ2v) is 6.33. The average Bonchev–Trinajstić information content (AvgIpc) is 3.06. The van der Waals surface area contributed by atoms with Gasteiger partial charge in [-0.1, -0.05) is 6.07 Å². The molecule has 0 saturated carbocycles. The van der Waals surface area contributed by atoms with E-state index in [0.29, 0.717) is 18.3 Å². The van der Waals surface area contributed by atoms with Crippen molar-refractivity contribution in [1.29, 1.82) is 0 Å². The van der Waals surface area contributed by atoms with Gasteiger partial charge in [0.2, 0.25) is 0 Å². The summed E-state index contributed by atoms with van der Waals surface area (Å²) in [6.07, 6.45) is 6.59. The Hall–Kier alpha value is -1.23. The van der Waals surface area contributed by atoms with Gasteiger partial charge in [-0.25, -0.2) is 0 Å². The van der Waals surface area contributed by atoms with Gasteiger partial charge in [0.25, 0.3) is 0 Å². The first-order chi connectivity index (χ1) is 10.3. The van der Waals surface area contributed by atoms with Crippen LogP contribution in [0.25, 0.3) is 0 Å². The Labute approximate surface area is 129 Å². The molecule has 21 heavy (non-hydrogen) atoms. The molecule has 3 nitrogen and oxygen atoms in total. The first-order valence-electron chi connectivity index (χ1n) is 7.39. The quantitative estimate of drug-likeness (QED) is 0.827. The summed E-state index contributed by atoms with van der Waals surface area (Å²) in [5.41, 5.74) is 2.82. The van der Waals surface area contributed by atoms with E-state index in [0.717, 1.165) is 12.8 Å². The zero-order valence-electron chi connectivity index (χ0n) is 12.2. The summed E-state index contributed by atoms with van der Waals surface area (Å²) >= 11 is 1.79. The van der Waals surface area contributed by atoms with Crippen LogP contribution in [0.4, 0.5) is 0 Å². The molecule has 1 aliphatic carbocycles. The van der Waals surface area contributed by atoms with E-state index in [1.807, 2.05) is 6.07 Å². The van der Waals surface area contributed by atoms with Crippen molar-refractivity contribution < 1.29 is 9.52 Å². The van der Waals surface area contributed by atoms with Crippen molar-refractivity contribution in [2.75, 3.05) is 12.8 Å². The fourth-order valence-corrected chi connectivity index (χ4v) is 3.43. The fourth-order valence-electron chi connectivity index (χ4n) is 2.97. The van der Waals surface area contributed by atoms with E-state index in [1.54, 1.807) is 24.1 Å². The highest BCUT2D eigenvalue weighted by Crippen LogP contribution is 2.32. The monoisotopic (exact) mass is 303 g/mol. The highest BCUT2D eigenvalue weighted by Gasteiger charge is 2.21. The van der Waals surface area contributed by atoms with Gasteiger partial charge in [0, 0.05) is 17.5 Å². The van der Waals surface area contributed by atoms with Crippen molar-refractivity contribution in [3.63, 3.8) is 0 Å². The minimum atomic E-state index is -0.587. The zero-order valence-corrected chi connectivity index (χ0v) is 13.0. The zero-order chi connectivity index (χ0) is 14.7. The van der Waals surface area contributed by atoms with E-state index in [9.17, 15) is 5.11 Å². The van der Waals surface area contributed by atoms with Crippen molar-refractivity contribution in [3.05, 3.63) is 53.5 Å². The number of furan rings is 1. The highest BCUT2D eigenvalue weighted by molar-refractivity contribution is 7.98. The van der Waals surface area contributed by atoms with E-state index < -0.39 is 6.10 Å². The second kappa shape index (κ2) is 6.69. The summed E-state index contributed by atoms with van der Waals surface area (Å²) in [6.45, 7) is 0.516. The smallest absolute Gasteiger partial charge is 0.133 e. The van der Waals surface area contributed by atoms with Gasteiger partial charge in [-0.05, 0) is 60.9 Å². The standard InChI is InChI=1S/C17H21NO2S/c1-21-13-7-8-14-12(10-13)4-2-5-15(14)18-11-16(19)17-6-3-9-20-17/h3,6-10,15-16,18-19H,2,4-5,11H2,1H3. The van der Waals surface area contributed by atoms with Crippen molar-refractivity contribution >= 4 is 11.8 Å². The molecule has 1 aromatic carbocycles. The highest BCUT2D eigenvalue weighted by atomic mass is 32.2. The van der Waals surface area contributed by atoms with Crippen LogP contribution < -0.4 is 5.32 Å². The number of rotatable bonds is 5. The Bertz CT molecular complexity index is 582. The van der Waals surface area contributed by atoms with Crippen molar-refractivity contribution in [3.8, 4) is 0 Å². The Morgan fingerprint density at radius 3 is 3.10 bits per heavy atom. The number of aryl methyl sites for hydroxylation is 1. The van der Waals surface area contributed by atoms with Crippen LogP contribution in [0.1, 0.15) is 41.9 Å². The van der Waals surface area contributed by atoms with E-state index in [1.165, 1.54) is 22.4 Å². The van der Waals surface area contributed by atoms with Crippen LogP contribution >= 0.6 is 11.8 Å². The van der Waals surface area contributed by atoms with E-state index >= 15 is 0 Å². The first-order valence-corrected chi connectivity index (χ1v) is 8.62. The molecule has 2 N–H and O–H groups in total. The van der Waals surface area contributed by atoms with E-state index in [2.05, 4.69) is 29.8 Å². The van der Waals surface area contributed by atoms with Gasteiger partial charge < -0.3 is 14.8 Å². The van der Waals surface area contributed by atoms with Crippen LogP contribution in [0.3, 0.4) is 0 Å². The maximum atomic E-state index is 10.1. The van der Waals surface area contributed by atoms with Gasteiger partial charge in [0.1, 0.15) is 11.9 Å². The molecule has 0 aliphatic heterocycles. The van der Waals surface area contributed by atoms with Crippen LogP contribution in [-0.2, 0) is 6.42 Å². The molecule has 1 heterocycles.